The van der Waals surface area contributed by atoms with Crippen LogP contribution >= 0.6 is 0 Å². The van der Waals surface area contributed by atoms with Crippen LogP contribution in [-0.4, -0.2) is 42.0 Å². The number of hydrogen-bond acceptors (Lipinski definition) is 5. The van der Waals surface area contributed by atoms with Gasteiger partial charge in [-0.25, -0.2) is 4.79 Å². The summed E-state index contributed by atoms with van der Waals surface area (Å²) in [6.07, 6.45) is 1.73. The maximum atomic E-state index is 12.4. The Morgan fingerprint density at radius 2 is 1.81 bits per heavy atom. The summed E-state index contributed by atoms with van der Waals surface area (Å²) >= 11 is 0. The number of carbonyl (C=O) groups is 3. The lowest BCUT2D eigenvalue weighted by Crippen LogP contribution is -2.41. The van der Waals surface area contributed by atoms with Crippen LogP contribution in [0.3, 0.4) is 0 Å². The minimum absolute atomic E-state index is 0.132. The molecule has 0 aromatic heterocycles. The molecule has 3 rings (SSSR count). The van der Waals surface area contributed by atoms with Gasteiger partial charge in [0.05, 0.1) is 11.4 Å². The van der Waals surface area contributed by atoms with E-state index in [1.807, 2.05) is 0 Å². The third-order valence-electron chi connectivity index (χ3n) is 5.11. The number of nitrogens with two attached hydrogens (primary N) is 1. The number of hydrogen-bond donors (Lipinski definition) is 3. The smallest absolute Gasteiger partial charge is 0.407 e. The molecule has 32 heavy (non-hydrogen) atoms. The van der Waals surface area contributed by atoms with Crippen molar-refractivity contribution in [3.8, 4) is 0 Å². The molecule has 0 radical (unpaired) electrons. The van der Waals surface area contributed by atoms with E-state index in [0.29, 0.717) is 42.9 Å². The predicted octanol–water partition coefficient (Wildman–Crippen LogP) is 3.08. The quantitative estimate of drug-likeness (QED) is 0.367. The van der Waals surface area contributed by atoms with E-state index in [0.717, 1.165) is 5.56 Å². The van der Waals surface area contributed by atoms with Crippen LogP contribution in [0, 0.1) is 0 Å². The van der Waals surface area contributed by atoms with Crippen LogP contribution in [0.25, 0.3) is 0 Å². The zero-order valence-electron chi connectivity index (χ0n) is 17.7. The highest BCUT2D eigenvalue weighted by atomic mass is 16.6. The summed E-state index contributed by atoms with van der Waals surface area (Å²) in [6, 6.07) is 13.9. The highest BCUT2D eigenvalue weighted by Gasteiger charge is 2.24. The van der Waals surface area contributed by atoms with E-state index in [-0.39, 0.29) is 24.5 Å². The number of nitrogens with zero attached hydrogens (tertiary/aromatic N) is 1. The van der Waals surface area contributed by atoms with Gasteiger partial charge in [-0.05, 0) is 29.8 Å². The van der Waals surface area contributed by atoms with Crippen molar-refractivity contribution in [2.45, 2.75) is 25.5 Å². The largest absolute Gasteiger partial charge is 0.446 e. The first kappa shape index (κ1) is 22.7. The summed E-state index contributed by atoms with van der Waals surface area (Å²) in [4.78, 5) is 37.9. The standard InChI is InChI=1S/C24H26N4O4/c1-2-5-22(29)28-14-12-19(13-15-28)32-24(31)26-16-17-8-10-18(11-9-17)23(30)27-21-7-4-3-6-20(21)25/h3-11,19H,1,12-16,25H2,(H,26,31)(H,27,30). The Hall–Kier alpha value is -4.03. The summed E-state index contributed by atoms with van der Waals surface area (Å²) in [5.74, 6) is -0.400. The molecule has 1 aliphatic heterocycles. The normalized spacial score (nSPS) is 13.6. The lowest BCUT2D eigenvalue weighted by molar-refractivity contribution is -0.127. The summed E-state index contributed by atoms with van der Waals surface area (Å²) in [5.41, 5.74) is 10.7. The number of ether oxygens (including phenoxy) is 1. The molecule has 4 N–H and O–H groups in total. The fourth-order valence-electron chi connectivity index (χ4n) is 3.32. The monoisotopic (exact) mass is 434 g/mol. The molecule has 166 valence electrons. The molecule has 0 unspecified atom stereocenters. The molecule has 0 spiro atoms. The summed E-state index contributed by atoms with van der Waals surface area (Å²) in [6.45, 7) is 4.71. The van der Waals surface area contributed by atoms with Crippen molar-refractivity contribution < 1.29 is 19.1 Å². The van der Waals surface area contributed by atoms with Crippen molar-refractivity contribution in [2.24, 2.45) is 0 Å². The molecular formula is C24H26N4O4. The first-order chi connectivity index (χ1) is 15.5. The van der Waals surface area contributed by atoms with Crippen LogP contribution in [0.5, 0.6) is 0 Å². The van der Waals surface area contributed by atoms with Crippen LogP contribution < -0.4 is 16.4 Å². The van der Waals surface area contributed by atoms with Gasteiger partial charge in [-0.2, -0.15) is 0 Å². The van der Waals surface area contributed by atoms with Gasteiger partial charge in [-0.1, -0.05) is 30.8 Å². The Morgan fingerprint density at radius 1 is 1.12 bits per heavy atom. The molecule has 2 aromatic rings. The number of benzene rings is 2. The summed E-state index contributed by atoms with van der Waals surface area (Å²) < 4.78 is 5.44. The van der Waals surface area contributed by atoms with Gasteiger partial charge in [-0.3, -0.25) is 9.59 Å². The van der Waals surface area contributed by atoms with Crippen molar-refractivity contribution in [3.63, 3.8) is 0 Å². The van der Waals surface area contributed by atoms with E-state index < -0.39 is 6.09 Å². The molecule has 2 aromatic carbocycles. The topological polar surface area (TPSA) is 114 Å². The number of amides is 3. The number of rotatable bonds is 6. The molecule has 8 nitrogen and oxygen atoms in total. The van der Waals surface area contributed by atoms with Gasteiger partial charge in [0.1, 0.15) is 6.10 Å². The molecule has 1 aliphatic rings. The van der Waals surface area contributed by atoms with Crippen molar-refractivity contribution in [2.75, 3.05) is 24.1 Å². The van der Waals surface area contributed by atoms with Crippen LogP contribution in [-0.2, 0) is 16.1 Å². The van der Waals surface area contributed by atoms with Gasteiger partial charge in [0.25, 0.3) is 11.8 Å². The van der Waals surface area contributed by atoms with Crippen LogP contribution in [0.2, 0.25) is 0 Å². The maximum absolute atomic E-state index is 12.4. The molecule has 0 aliphatic carbocycles. The molecule has 3 amide bonds. The first-order valence-corrected chi connectivity index (χ1v) is 10.3. The zero-order chi connectivity index (χ0) is 22.9. The second-order valence-corrected chi connectivity index (χ2v) is 7.37. The van der Waals surface area contributed by atoms with Gasteiger partial charge >= 0.3 is 6.09 Å². The number of para-hydroxylation sites is 2. The summed E-state index contributed by atoms with van der Waals surface area (Å²) in [5, 5.41) is 5.49. The molecule has 0 atom stereocenters. The van der Waals surface area contributed by atoms with Gasteiger partial charge in [0.15, 0.2) is 0 Å². The molecule has 1 heterocycles. The van der Waals surface area contributed by atoms with E-state index in [1.165, 1.54) is 6.08 Å². The highest BCUT2D eigenvalue weighted by molar-refractivity contribution is 6.05. The molecule has 0 saturated carbocycles. The number of alkyl carbamates (subject to hydrolysis) is 1. The Kier molecular flexibility index (Phi) is 7.67. The number of carbonyl (C=O) groups excluding carboxylic acids is 3. The highest BCUT2D eigenvalue weighted by Crippen LogP contribution is 2.18. The van der Waals surface area contributed by atoms with Crippen molar-refractivity contribution in [1.29, 1.82) is 0 Å². The van der Waals surface area contributed by atoms with E-state index in [2.05, 4.69) is 22.9 Å². The Morgan fingerprint density at radius 3 is 2.47 bits per heavy atom. The minimum Gasteiger partial charge on any atom is -0.446 e. The predicted molar refractivity (Wildman–Crippen MR) is 122 cm³/mol. The minimum atomic E-state index is -0.512. The number of piperidine rings is 1. The molecule has 1 fully saturated rings. The number of likely N-dealkylation sites (tertiary alicyclic amines) is 1. The summed E-state index contributed by atoms with van der Waals surface area (Å²) in [7, 11) is 0. The second kappa shape index (κ2) is 10.8. The van der Waals surface area contributed by atoms with E-state index in [1.54, 1.807) is 53.4 Å². The molecule has 8 heteroatoms. The lowest BCUT2D eigenvalue weighted by atomic mass is 10.1. The Labute approximate surface area is 186 Å². The van der Waals surface area contributed by atoms with E-state index in [4.69, 9.17) is 10.5 Å². The Balaban J connectivity index is 1.42. The van der Waals surface area contributed by atoms with Gasteiger partial charge < -0.3 is 26.0 Å². The fraction of sp³-hybridized carbons (Fsp3) is 0.250. The van der Waals surface area contributed by atoms with Gasteiger partial charge in [0.2, 0.25) is 0 Å². The van der Waals surface area contributed by atoms with E-state index >= 15 is 0 Å². The third kappa shape index (κ3) is 6.23. The molecule has 0 bridgehead atoms. The lowest BCUT2D eigenvalue weighted by Gasteiger charge is -2.30. The average Bonchev–Trinajstić information content (AvgIpc) is 2.80. The Bertz CT molecular complexity index is 1020. The van der Waals surface area contributed by atoms with Crippen LogP contribution in [0.4, 0.5) is 16.2 Å². The maximum Gasteiger partial charge on any atom is 0.407 e. The fourth-order valence-corrected chi connectivity index (χ4v) is 3.32. The number of anilines is 2. The first-order valence-electron chi connectivity index (χ1n) is 10.3. The van der Waals surface area contributed by atoms with Gasteiger partial charge in [-0.15, -0.1) is 5.73 Å². The van der Waals surface area contributed by atoms with Crippen LogP contribution in [0.15, 0.2) is 66.9 Å². The third-order valence-corrected chi connectivity index (χ3v) is 5.11. The average molecular weight is 434 g/mol. The molecular weight excluding hydrogens is 408 g/mol. The van der Waals surface area contributed by atoms with Gasteiger partial charge in [0, 0.05) is 44.1 Å². The van der Waals surface area contributed by atoms with Crippen LogP contribution in [0.1, 0.15) is 28.8 Å². The number of nitrogens with one attached hydrogen (secondary N) is 2. The van der Waals surface area contributed by atoms with E-state index in [9.17, 15) is 14.4 Å². The SMILES string of the molecule is C=C=CC(=O)N1CCC(OC(=O)NCc2ccc(C(=O)Nc3ccccc3N)cc2)CC1. The molecule has 1 saturated heterocycles. The van der Waals surface area contributed by atoms with Crippen molar-refractivity contribution in [1.82, 2.24) is 10.2 Å². The number of nitrogen functional groups attached to an aromatic ring is 1. The van der Waals surface area contributed by atoms with Crippen molar-refractivity contribution >= 4 is 29.3 Å². The van der Waals surface area contributed by atoms with Crippen molar-refractivity contribution in [3.05, 3.63) is 78.0 Å². The second-order valence-electron chi connectivity index (χ2n) is 7.37. The zero-order valence-corrected chi connectivity index (χ0v) is 17.7.